The third kappa shape index (κ3) is 8.95. The van der Waals surface area contributed by atoms with E-state index in [1.165, 1.54) is 12.0 Å². The van der Waals surface area contributed by atoms with Crippen molar-refractivity contribution in [1.82, 2.24) is 0 Å². The normalized spacial score (nSPS) is 19.2. The molecule has 2 aliphatic rings. The second-order valence-electron chi connectivity index (χ2n) is 9.90. The molecule has 0 radical (unpaired) electrons. The first kappa shape index (κ1) is 28.3. The molecule has 5 heteroatoms. The maximum absolute atomic E-state index is 6.46. The highest BCUT2D eigenvalue weighted by Crippen LogP contribution is 2.38. The van der Waals surface area contributed by atoms with Crippen molar-refractivity contribution in [3.63, 3.8) is 0 Å². The molecule has 2 fully saturated rings. The molecule has 0 amide bonds. The van der Waals surface area contributed by atoms with E-state index in [4.69, 9.17) is 23.7 Å². The molecule has 0 aliphatic carbocycles. The lowest BCUT2D eigenvalue weighted by molar-refractivity contribution is -0.154. The Labute approximate surface area is 228 Å². The first-order valence-corrected chi connectivity index (χ1v) is 14.4. The number of hydrogen-bond donors (Lipinski definition) is 0. The van der Waals surface area contributed by atoms with Crippen LogP contribution in [0.15, 0.2) is 30.3 Å². The Balaban J connectivity index is 1.19. The maximum Gasteiger partial charge on any atom is 0.199 e. The van der Waals surface area contributed by atoms with Crippen LogP contribution in [0.5, 0.6) is 11.5 Å². The molecule has 38 heavy (non-hydrogen) atoms. The van der Waals surface area contributed by atoms with Crippen molar-refractivity contribution in [2.45, 2.75) is 96.1 Å². The number of aryl methyl sites for hydroxylation is 1. The third-order valence-electron chi connectivity index (χ3n) is 6.97. The van der Waals surface area contributed by atoms with Crippen molar-refractivity contribution < 1.29 is 23.7 Å². The van der Waals surface area contributed by atoms with E-state index in [1.807, 2.05) is 6.07 Å². The van der Waals surface area contributed by atoms with Crippen molar-refractivity contribution in [3.8, 4) is 35.2 Å². The molecule has 2 heterocycles. The lowest BCUT2D eigenvalue weighted by Gasteiger charge is -2.26. The van der Waals surface area contributed by atoms with Crippen molar-refractivity contribution in [3.05, 3.63) is 35.9 Å². The average molecular weight is 519 g/mol. The smallest absolute Gasteiger partial charge is 0.199 e. The van der Waals surface area contributed by atoms with Gasteiger partial charge in [-0.1, -0.05) is 30.2 Å². The molecule has 2 aromatic rings. The lowest BCUT2D eigenvalue weighted by atomic mass is 9.99. The van der Waals surface area contributed by atoms with Gasteiger partial charge in [0.05, 0.1) is 13.7 Å². The second kappa shape index (κ2) is 16.3. The van der Waals surface area contributed by atoms with Crippen molar-refractivity contribution in [1.29, 1.82) is 0 Å². The van der Waals surface area contributed by atoms with Crippen LogP contribution in [-0.4, -0.2) is 39.5 Å². The predicted octanol–water partition coefficient (Wildman–Crippen LogP) is 7.19. The van der Waals surface area contributed by atoms with Gasteiger partial charge in [0, 0.05) is 43.1 Å². The topological polar surface area (TPSA) is 46.2 Å². The highest BCUT2D eigenvalue weighted by atomic mass is 16.7. The molecule has 0 aromatic heterocycles. The summed E-state index contributed by atoms with van der Waals surface area (Å²) in [4.78, 5) is 0. The summed E-state index contributed by atoms with van der Waals surface area (Å²) in [5.74, 6) is 14.7. The van der Waals surface area contributed by atoms with Crippen LogP contribution in [-0.2, 0) is 20.6 Å². The van der Waals surface area contributed by atoms with Crippen molar-refractivity contribution >= 4 is 10.8 Å². The van der Waals surface area contributed by atoms with Gasteiger partial charge in [-0.3, -0.25) is 0 Å². The van der Waals surface area contributed by atoms with E-state index in [0.717, 1.165) is 113 Å². The minimum absolute atomic E-state index is 0.0581. The van der Waals surface area contributed by atoms with Gasteiger partial charge in [0.2, 0.25) is 0 Å². The maximum atomic E-state index is 6.46. The van der Waals surface area contributed by atoms with Crippen LogP contribution in [0.25, 0.3) is 10.8 Å². The molecule has 4 rings (SSSR count). The Morgan fingerprint density at radius 2 is 1.47 bits per heavy atom. The summed E-state index contributed by atoms with van der Waals surface area (Å²) in [5.41, 5.74) is 1.18. The molecule has 0 saturated carbocycles. The summed E-state index contributed by atoms with van der Waals surface area (Å²) < 4.78 is 29.2. The van der Waals surface area contributed by atoms with Crippen LogP contribution in [0.4, 0.5) is 0 Å². The van der Waals surface area contributed by atoms with E-state index in [-0.39, 0.29) is 12.6 Å². The van der Waals surface area contributed by atoms with Gasteiger partial charge < -0.3 is 23.7 Å². The molecule has 2 atom stereocenters. The second-order valence-corrected chi connectivity index (χ2v) is 9.90. The molecule has 0 spiro atoms. The fourth-order valence-electron chi connectivity index (χ4n) is 4.89. The standard InChI is InChI=1S/C33H42O5/c1-34-30-26-27(33(29-20-12-11-19-28(29)30)38-32-22-14-17-25-37-32)18-10-8-6-4-2-3-5-7-9-15-23-35-31-21-13-16-24-36-31/h11-12,19-20,26,31-32H,3,5-8,10,13-14,16-18,21-25H2,1H3. The molecule has 204 valence electrons. The van der Waals surface area contributed by atoms with Gasteiger partial charge in [0.15, 0.2) is 12.6 Å². The summed E-state index contributed by atoms with van der Waals surface area (Å²) in [6.45, 7) is 2.03. The number of benzene rings is 2. The van der Waals surface area contributed by atoms with E-state index in [1.54, 1.807) is 7.11 Å². The molecular formula is C33H42O5. The minimum Gasteiger partial charge on any atom is -0.496 e. The fourth-order valence-corrected chi connectivity index (χ4v) is 4.89. The van der Waals surface area contributed by atoms with Crippen LogP contribution < -0.4 is 9.47 Å². The highest BCUT2D eigenvalue weighted by molar-refractivity contribution is 5.94. The van der Waals surface area contributed by atoms with Crippen molar-refractivity contribution in [2.24, 2.45) is 0 Å². The van der Waals surface area contributed by atoms with Crippen LogP contribution >= 0.6 is 0 Å². The van der Waals surface area contributed by atoms with E-state index in [0.29, 0.717) is 6.61 Å². The minimum atomic E-state index is -0.173. The number of methoxy groups -OCH3 is 1. The molecule has 2 saturated heterocycles. The van der Waals surface area contributed by atoms with Crippen LogP contribution in [0, 0.1) is 23.7 Å². The zero-order chi connectivity index (χ0) is 26.3. The Morgan fingerprint density at radius 3 is 2.18 bits per heavy atom. The monoisotopic (exact) mass is 518 g/mol. The van der Waals surface area contributed by atoms with Gasteiger partial charge in [0.1, 0.15) is 18.1 Å². The molecule has 0 bridgehead atoms. The molecule has 2 aliphatic heterocycles. The molecule has 2 unspecified atom stereocenters. The number of fused-ring (bicyclic) bond motifs is 1. The zero-order valence-electron chi connectivity index (χ0n) is 22.9. The average Bonchev–Trinajstić information content (AvgIpc) is 2.97. The van der Waals surface area contributed by atoms with E-state index in [2.05, 4.69) is 47.9 Å². The van der Waals surface area contributed by atoms with Gasteiger partial charge in [-0.25, -0.2) is 0 Å². The summed E-state index contributed by atoms with van der Waals surface area (Å²) >= 11 is 0. The molecular weight excluding hydrogens is 476 g/mol. The number of ether oxygens (including phenoxy) is 5. The van der Waals surface area contributed by atoms with Crippen LogP contribution in [0.3, 0.4) is 0 Å². The summed E-state index contributed by atoms with van der Waals surface area (Å²) in [7, 11) is 1.73. The molecule has 2 aromatic carbocycles. The summed E-state index contributed by atoms with van der Waals surface area (Å²) in [6, 6.07) is 10.4. The summed E-state index contributed by atoms with van der Waals surface area (Å²) in [5, 5.41) is 2.17. The Hall–Kier alpha value is -2.70. The van der Waals surface area contributed by atoms with E-state index < -0.39 is 0 Å². The SMILES string of the molecule is COc1cc(CCCCC#CCCCC#CCOC2CCCCO2)c(OC2CCCCO2)c2ccccc12. The van der Waals surface area contributed by atoms with Gasteiger partial charge in [0.25, 0.3) is 0 Å². The summed E-state index contributed by atoms with van der Waals surface area (Å²) in [6.07, 6.45) is 13.0. The Morgan fingerprint density at radius 1 is 0.789 bits per heavy atom. The number of unbranched alkanes of at least 4 members (excludes halogenated alkanes) is 4. The fraction of sp³-hybridized carbons (Fsp3) is 0.576. The van der Waals surface area contributed by atoms with Crippen LogP contribution in [0.1, 0.15) is 82.6 Å². The number of hydrogen-bond acceptors (Lipinski definition) is 5. The lowest BCUT2D eigenvalue weighted by Crippen LogP contribution is -2.25. The first-order chi connectivity index (χ1) is 18.8. The van der Waals surface area contributed by atoms with Gasteiger partial charge in [-0.2, -0.15) is 0 Å². The molecule has 0 N–H and O–H groups in total. The predicted molar refractivity (Wildman–Crippen MR) is 151 cm³/mol. The van der Waals surface area contributed by atoms with Crippen LogP contribution in [0.2, 0.25) is 0 Å². The number of rotatable bonds is 11. The Bertz CT molecular complexity index is 1110. The van der Waals surface area contributed by atoms with Gasteiger partial charge in [-0.05, 0) is 69.4 Å². The highest BCUT2D eigenvalue weighted by Gasteiger charge is 2.20. The largest absolute Gasteiger partial charge is 0.496 e. The van der Waals surface area contributed by atoms with E-state index in [9.17, 15) is 0 Å². The first-order valence-electron chi connectivity index (χ1n) is 14.4. The Kier molecular flexibility index (Phi) is 12.1. The zero-order valence-corrected chi connectivity index (χ0v) is 22.9. The van der Waals surface area contributed by atoms with Gasteiger partial charge in [-0.15, -0.1) is 17.8 Å². The van der Waals surface area contributed by atoms with Gasteiger partial charge >= 0.3 is 0 Å². The van der Waals surface area contributed by atoms with E-state index >= 15 is 0 Å². The molecule has 5 nitrogen and oxygen atoms in total. The quantitative estimate of drug-likeness (QED) is 0.233. The van der Waals surface area contributed by atoms with Crippen molar-refractivity contribution in [2.75, 3.05) is 26.9 Å². The third-order valence-corrected chi connectivity index (χ3v) is 6.97.